The van der Waals surface area contributed by atoms with Gasteiger partial charge < -0.3 is 4.90 Å². The quantitative estimate of drug-likeness (QED) is 0.400. The van der Waals surface area contributed by atoms with Crippen LogP contribution >= 0.6 is 0 Å². The molecule has 1 aliphatic rings. The lowest BCUT2D eigenvalue weighted by molar-refractivity contribution is -0.143. The minimum absolute atomic E-state index is 0.0202. The van der Waals surface area contributed by atoms with E-state index in [2.05, 4.69) is 23.6 Å². The molecule has 37 heavy (non-hydrogen) atoms. The van der Waals surface area contributed by atoms with Gasteiger partial charge in [-0.2, -0.15) is 26.3 Å². The molecule has 10 heteroatoms. The molecule has 2 aromatic carbocycles. The van der Waals surface area contributed by atoms with E-state index in [1.54, 1.807) is 0 Å². The molecule has 4 nitrogen and oxygen atoms in total. The molecule has 0 radical (unpaired) electrons. The molecule has 1 saturated heterocycles. The minimum Gasteiger partial charge on any atom is -0.344 e. The fourth-order valence-electron chi connectivity index (χ4n) is 4.62. The number of rotatable bonds is 8. The van der Waals surface area contributed by atoms with E-state index in [-0.39, 0.29) is 30.5 Å². The van der Waals surface area contributed by atoms with Crippen LogP contribution in [0.25, 0.3) is 0 Å². The number of nitrogens with zero attached hydrogens (tertiary/aromatic N) is 3. The number of likely N-dealkylation sites (N-methyl/N-ethyl adjacent to an activating group) is 1. The molecule has 0 bridgehead atoms. The van der Waals surface area contributed by atoms with E-state index in [0.717, 1.165) is 37.2 Å². The molecule has 1 aliphatic heterocycles. The third-order valence-corrected chi connectivity index (χ3v) is 7.04. The summed E-state index contributed by atoms with van der Waals surface area (Å²) in [5.41, 5.74) is -2.03. The summed E-state index contributed by atoms with van der Waals surface area (Å²) in [6, 6.07) is 10.7. The molecule has 0 N–H and O–H groups in total. The Morgan fingerprint density at radius 3 is 1.89 bits per heavy atom. The van der Waals surface area contributed by atoms with Crippen molar-refractivity contribution in [3.05, 3.63) is 70.8 Å². The molecule has 1 fully saturated rings. The Balaban J connectivity index is 1.78. The summed E-state index contributed by atoms with van der Waals surface area (Å²) >= 11 is 0. The van der Waals surface area contributed by atoms with E-state index in [1.807, 2.05) is 30.3 Å². The third kappa shape index (κ3) is 7.47. The van der Waals surface area contributed by atoms with Gasteiger partial charge in [0, 0.05) is 45.8 Å². The zero-order valence-corrected chi connectivity index (χ0v) is 21.2. The van der Waals surface area contributed by atoms with Crippen LogP contribution < -0.4 is 0 Å². The van der Waals surface area contributed by atoms with Crippen molar-refractivity contribution in [3.8, 4) is 0 Å². The van der Waals surface area contributed by atoms with Gasteiger partial charge in [0.2, 0.25) is 5.91 Å². The van der Waals surface area contributed by atoms with Gasteiger partial charge in [-0.25, -0.2) is 0 Å². The zero-order valence-electron chi connectivity index (χ0n) is 21.2. The van der Waals surface area contributed by atoms with Crippen LogP contribution in [0.1, 0.15) is 48.6 Å². The number of halogens is 6. The normalized spacial score (nSPS) is 17.4. The first-order valence-electron chi connectivity index (χ1n) is 12.4. The largest absolute Gasteiger partial charge is 0.416 e. The Bertz CT molecular complexity index is 1000. The van der Waals surface area contributed by atoms with Crippen LogP contribution in [0.15, 0.2) is 48.5 Å². The molecule has 0 saturated carbocycles. The highest BCUT2D eigenvalue weighted by molar-refractivity contribution is 5.83. The van der Waals surface area contributed by atoms with E-state index in [4.69, 9.17) is 0 Å². The fraction of sp³-hybridized carbons (Fsp3) is 0.519. The predicted octanol–water partition coefficient (Wildman–Crippen LogP) is 5.88. The number of carbonyl (C=O) groups excluding carboxylic acids is 1. The molecular weight excluding hydrogens is 496 g/mol. The maximum atomic E-state index is 13.6. The standard InChI is InChI=1S/C27H33F6N3O/c1-4-19(2)35-12-14-36(15-13-35)24(21-8-6-5-7-9-21)25(37)34(3)11-10-20-16-22(26(28,29)30)18-23(17-20)27(31,32)33/h5-9,16-19,24H,4,10-15H2,1-3H3. The first-order chi connectivity index (χ1) is 17.3. The van der Waals surface area contributed by atoms with E-state index >= 15 is 0 Å². The van der Waals surface area contributed by atoms with Gasteiger partial charge in [-0.3, -0.25) is 14.6 Å². The molecule has 2 aromatic rings. The number of alkyl halides is 6. The molecular formula is C27H33F6N3O. The fourth-order valence-corrected chi connectivity index (χ4v) is 4.62. The van der Waals surface area contributed by atoms with E-state index in [1.165, 1.54) is 11.9 Å². The van der Waals surface area contributed by atoms with Crippen LogP contribution in [0, 0.1) is 0 Å². The molecule has 2 unspecified atom stereocenters. The summed E-state index contributed by atoms with van der Waals surface area (Å²) in [6.07, 6.45) is -8.94. The lowest BCUT2D eigenvalue weighted by atomic mass is 10.0. The van der Waals surface area contributed by atoms with Gasteiger partial charge in [0.15, 0.2) is 0 Å². The van der Waals surface area contributed by atoms with Crippen LogP contribution in [-0.2, 0) is 23.6 Å². The molecule has 3 rings (SSSR count). The van der Waals surface area contributed by atoms with Crippen molar-refractivity contribution >= 4 is 5.91 Å². The molecule has 1 amide bonds. The first kappa shape index (κ1) is 29.0. The predicted molar refractivity (Wildman–Crippen MR) is 130 cm³/mol. The van der Waals surface area contributed by atoms with Crippen molar-refractivity contribution < 1.29 is 31.1 Å². The Kier molecular flexibility index (Phi) is 9.28. The lowest BCUT2D eigenvalue weighted by Gasteiger charge is -2.41. The average Bonchev–Trinajstić information content (AvgIpc) is 2.86. The average molecular weight is 530 g/mol. The number of piperazine rings is 1. The van der Waals surface area contributed by atoms with Crippen molar-refractivity contribution in [2.45, 2.75) is 51.1 Å². The van der Waals surface area contributed by atoms with Gasteiger partial charge in [-0.1, -0.05) is 37.3 Å². The van der Waals surface area contributed by atoms with Crippen LogP contribution in [-0.4, -0.2) is 66.4 Å². The van der Waals surface area contributed by atoms with Crippen molar-refractivity contribution in [1.29, 1.82) is 0 Å². The van der Waals surface area contributed by atoms with Gasteiger partial charge in [0.05, 0.1) is 11.1 Å². The van der Waals surface area contributed by atoms with Crippen LogP contribution in [0.2, 0.25) is 0 Å². The molecule has 0 spiro atoms. The van der Waals surface area contributed by atoms with Crippen LogP contribution in [0.3, 0.4) is 0 Å². The van der Waals surface area contributed by atoms with Crippen molar-refractivity contribution in [3.63, 3.8) is 0 Å². The summed E-state index contributed by atoms with van der Waals surface area (Å²) in [7, 11) is 1.53. The van der Waals surface area contributed by atoms with E-state index in [0.29, 0.717) is 19.1 Å². The summed E-state index contributed by atoms with van der Waals surface area (Å²) in [5, 5.41) is 0. The smallest absolute Gasteiger partial charge is 0.344 e. The minimum atomic E-state index is -4.91. The monoisotopic (exact) mass is 529 g/mol. The van der Waals surface area contributed by atoms with Crippen molar-refractivity contribution in [1.82, 2.24) is 14.7 Å². The number of carbonyl (C=O) groups is 1. The van der Waals surface area contributed by atoms with Gasteiger partial charge in [-0.05, 0) is 49.1 Å². The molecule has 2 atom stereocenters. The van der Waals surface area contributed by atoms with E-state index in [9.17, 15) is 31.1 Å². The second-order valence-electron chi connectivity index (χ2n) is 9.57. The molecule has 1 heterocycles. The highest BCUT2D eigenvalue weighted by Crippen LogP contribution is 2.36. The number of benzene rings is 2. The lowest BCUT2D eigenvalue weighted by Crippen LogP contribution is -2.53. The Labute approximate surface area is 213 Å². The maximum Gasteiger partial charge on any atom is 0.416 e. The summed E-state index contributed by atoms with van der Waals surface area (Å²) in [5.74, 6) is -0.244. The number of hydrogen-bond donors (Lipinski definition) is 0. The first-order valence-corrected chi connectivity index (χ1v) is 12.4. The van der Waals surface area contributed by atoms with Crippen LogP contribution in [0.4, 0.5) is 26.3 Å². The van der Waals surface area contributed by atoms with Gasteiger partial charge in [0.1, 0.15) is 6.04 Å². The summed E-state index contributed by atoms with van der Waals surface area (Å²) in [4.78, 5) is 19.5. The molecule has 0 aromatic heterocycles. The Morgan fingerprint density at radius 1 is 0.892 bits per heavy atom. The number of amides is 1. The topological polar surface area (TPSA) is 26.8 Å². The van der Waals surface area contributed by atoms with Gasteiger partial charge in [0.25, 0.3) is 0 Å². The molecule has 204 valence electrons. The van der Waals surface area contributed by atoms with E-state index < -0.39 is 29.5 Å². The second kappa shape index (κ2) is 11.9. The van der Waals surface area contributed by atoms with Crippen molar-refractivity contribution in [2.75, 3.05) is 39.8 Å². The SMILES string of the molecule is CCC(C)N1CCN(C(C(=O)N(C)CCc2cc(C(F)(F)F)cc(C(F)(F)F)c2)c2ccccc2)CC1. The highest BCUT2D eigenvalue weighted by Gasteiger charge is 2.37. The maximum absolute atomic E-state index is 13.6. The second-order valence-corrected chi connectivity index (χ2v) is 9.57. The summed E-state index contributed by atoms with van der Waals surface area (Å²) < 4.78 is 79.3. The summed E-state index contributed by atoms with van der Waals surface area (Å²) in [6.45, 7) is 7.23. The third-order valence-electron chi connectivity index (χ3n) is 7.04. The molecule has 0 aliphatic carbocycles. The van der Waals surface area contributed by atoms with Crippen LogP contribution in [0.5, 0.6) is 0 Å². The highest BCUT2D eigenvalue weighted by atomic mass is 19.4. The Morgan fingerprint density at radius 2 is 1.41 bits per heavy atom. The van der Waals surface area contributed by atoms with Gasteiger partial charge >= 0.3 is 12.4 Å². The van der Waals surface area contributed by atoms with Crippen molar-refractivity contribution in [2.24, 2.45) is 0 Å². The van der Waals surface area contributed by atoms with Gasteiger partial charge in [-0.15, -0.1) is 0 Å². The number of hydrogen-bond acceptors (Lipinski definition) is 3. The zero-order chi connectivity index (χ0) is 27.4. The Hall–Kier alpha value is -2.59.